The average molecular weight is 303 g/mol. The fraction of sp³-hybridized carbons (Fsp3) is 0.438. The first-order valence-electron chi connectivity index (χ1n) is 7.28. The van der Waals surface area contributed by atoms with E-state index < -0.39 is 23.7 Å². The molecule has 1 aromatic carbocycles. The molecule has 22 heavy (non-hydrogen) atoms. The summed E-state index contributed by atoms with van der Waals surface area (Å²) in [5.74, 6) is -3.09. The quantitative estimate of drug-likeness (QED) is 0.826. The van der Waals surface area contributed by atoms with Crippen LogP contribution in [0.4, 0.5) is 5.69 Å². The van der Waals surface area contributed by atoms with Gasteiger partial charge in [-0.2, -0.15) is 0 Å². The van der Waals surface area contributed by atoms with E-state index in [-0.39, 0.29) is 18.0 Å². The third-order valence-corrected chi connectivity index (χ3v) is 4.43. The highest BCUT2D eigenvalue weighted by Gasteiger charge is 2.55. The molecule has 0 spiro atoms. The maximum Gasteiger partial charge on any atom is 0.310 e. The van der Waals surface area contributed by atoms with Crippen molar-refractivity contribution in [3.05, 3.63) is 29.8 Å². The predicted molar refractivity (Wildman–Crippen MR) is 77.6 cm³/mol. The van der Waals surface area contributed by atoms with Gasteiger partial charge in [0.15, 0.2) is 5.78 Å². The van der Waals surface area contributed by atoms with Gasteiger partial charge in [-0.1, -0.05) is 12.1 Å². The SMILES string of the molecule is CC(=O)c1ccccc1NC(=O)[C@H]1[C@@H](C(=O)O)[C@@H]2CC[C@H]1O2. The second kappa shape index (κ2) is 5.53. The molecule has 0 radical (unpaired) electrons. The molecule has 116 valence electrons. The summed E-state index contributed by atoms with van der Waals surface area (Å²) in [4.78, 5) is 35.5. The van der Waals surface area contributed by atoms with Crippen LogP contribution >= 0.6 is 0 Å². The molecule has 0 saturated carbocycles. The van der Waals surface area contributed by atoms with E-state index in [2.05, 4.69) is 5.32 Å². The summed E-state index contributed by atoms with van der Waals surface area (Å²) >= 11 is 0. The number of carboxylic acids is 1. The number of para-hydroxylation sites is 1. The van der Waals surface area contributed by atoms with Crippen LogP contribution < -0.4 is 5.32 Å². The van der Waals surface area contributed by atoms with Crippen LogP contribution in [0.25, 0.3) is 0 Å². The number of Topliss-reactive ketones (excluding diaryl/α,β-unsaturated/α-hetero) is 1. The van der Waals surface area contributed by atoms with Crippen LogP contribution in [0.2, 0.25) is 0 Å². The summed E-state index contributed by atoms with van der Waals surface area (Å²) in [6, 6.07) is 6.70. The van der Waals surface area contributed by atoms with E-state index in [9.17, 15) is 19.5 Å². The number of hydrogen-bond donors (Lipinski definition) is 2. The van der Waals surface area contributed by atoms with Gasteiger partial charge < -0.3 is 15.2 Å². The molecule has 2 N–H and O–H groups in total. The highest BCUT2D eigenvalue weighted by molar-refractivity contribution is 6.05. The number of ether oxygens (including phenoxy) is 1. The highest BCUT2D eigenvalue weighted by Crippen LogP contribution is 2.44. The molecule has 2 saturated heterocycles. The van der Waals surface area contributed by atoms with Gasteiger partial charge in [-0.3, -0.25) is 14.4 Å². The van der Waals surface area contributed by atoms with Crippen molar-refractivity contribution in [3.8, 4) is 0 Å². The summed E-state index contributed by atoms with van der Waals surface area (Å²) in [5.41, 5.74) is 0.818. The molecule has 0 aliphatic carbocycles. The van der Waals surface area contributed by atoms with Crippen LogP contribution in [0, 0.1) is 11.8 Å². The van der Waals surface area contributed by atoms with Crippen molar-refractivity contribution in [1.29, 1.82) is 0 Å². The summed E-state index contributed by atoms with van der Waals surface area (Å²) in [6.07, 6.45) is 0.632. The smallest absolute Gasteiger partial charge is 0.310 e. The van der Waals surface area contributed by atoms with Crippen molar-refractivity contribution < 1.29 is 24.2 Å². The Bertz CT molecular complexity index is 641. The van der Waals surface area contributed by atoms with Crippen molar-refractivity contribution in [2.24, 2.45) is 11.8 Å². The van der Waals surface area contributed by atoms with E-state index in [1.807, 2.05) is 0 Å². The minimum Gasteiger partial charge on any atom is -0.481 e. The first kappa shape index (κ1) is 14.7. The molecule has 2 aliphatic rings. The number of carboxylic acid groups (broad SMARTS) is 1. The van der Waals surface area contributed by atoms with Gasteiger partial charge in [-0.15, -0.1) is 0 Å². The number of nitrogens with one attached hydrogen (secondary N) is 1. The van der Waals surface area contributed by atoms with Crippen molar-refractivity contribution in [1.82, 2.24) is 0 Å². The molecule has 4 atom stereocenters. The lowest BCUT2D eigenvalue weighted by Crippen LogP contribution is -2.41. The van der Waals surface area contributed by atoms with Gasteiger partial charge in [0.25, 0.3) is 0 Å². The number of carbonyl (C=O) groups is 3. The number of ketones is 1. The van der Waals surface area contributed by atoms with E-state index >= 15 is 0 Å². The van der Waals surface area contributed by atoms with Crippen molar-refractivity contribution in [2.75, 3.05) is 5.32 Å². The molecule has 2 aliphatic heterocycles. The van der Waals surface area contributed by atoms with Crippen molar-refractivity contribution in [3.63, 3.8) is 0 Å². The zero-order valence-electron chi connectivity index (χ0n) is 12.1. The molecule has 1 amide bonds. The zero-order chi connectivity index (χ0) is 15.9. The maximum absolute atomic E-state index is 12.5. The van der Waals surface area contributed by atoms with Crippen LogP contribution in [0.15, 0.2) is 24.3 Å². The number of fused-ring (bicyclic) bond motifs is 2. The monoisotopic (exact) mass is 303 g/mol. The largest absolute Gasteiger partial charge is 0.481 e. The molecular weight excluding hydrogens is 286 g/mol. The van der Waals surface area contributed by atoms with Gasteiger partial charge in [0.2, 0.25) is 5.91 Å². The highest BCUT2D eigenvalue weighted by atomic mass is 16.5. The maximum atomic E-state index is 12.5. The summed E-state index contributed by atoms with van der Waals surface area (Å²) in [5, 5.41) is 12.0. The average Bonchev–Trinajstić information content (AvgIpc) is 3.08. The number of benzene rings is 1. The summed E-state index contributed by atoms with van der Waals surface area (Å²) in [7, 11) is 0. The zero-order valence-corrected chi connectivity index (χ0v) is 12.1. The van der Waals surface area contributed by atoms with E-state index in [1.54, 1.807) is 24.3 Å². The van der Waals surface area contributed by atoms with Crippen LogP contribution in [0.3, 0.4) is 0 Å². The minimum absolute atomic E-state index is 0.158. The lowest BCUT2D eigenvalue weighted by molar-refractivity contribution is -0.147. The number of aliphatic carboxylic acids is 1. The Morgan fingerprint density at radius 3 is 2.41 bits per heavy atom. The first-order chi connectivity index (χ1) is 10.5. The van der Waals surface area contributed by atoms with Crippen molar-refractivity contribution in [2.45, 2.75) is 32.0 Å². The van der Waals surface area contributed by atoms with E-state index in [1.165, 1.54) is 6.92 Å². The van der Waals surface area contributed by atoms with Gasteiger partial charge in [-0.25, -0.2) is 0 Å². The third kappa shape index (κ3) is 2.39. The lowest BCUT2D eigenvalue weighted by Gasteiger charge is -2.24. The number of rotatable bonds is 4. The van der Waals surface area contributed by atoms with Crippen LogP contribution in [0.5, 0.6) is 0 Å². The Morgan fingerprint density at radius 1 is 1.14 bits per heavy atom. The second-order valence-corrected chi connectivity index (χ2v) is 5.77. The number of carbonyl (C=O) groups excluding carboxylic acids is 2. The normalized spacial score (nSPS) is 29.3. The molecule has 1 aromatic rings. The van der Waals surface area contributed by atoms with E-state index in [0.29, 0.717) is 24.1 Å². The molecule has 6 nitrogen and oxygen atoms in total. The number of amides is 1. The van der Waals surface area contributed by atoms with Gasteiger partial charge >= 0.3 is 5.97 Å². The molecule has 0 unspecified atom stereocenters. The first-order valence-corrected chi connectivity index (χ1v) is 7.28. The van der Waals surface area contributed by atoms with Gasteiger partial charge in [0, 0.05) is 5.56 Å². The lowest BCUT2D eigenvalue weighted by atomic mass is 9.78. The Labute approximate surface area is 127 Å². The molecule has 0 aromatic heterocycles. The third-order valence-electron chi connectivity index (χ3n) is 4.43. The molecule has 3 rings (SSSR count). The summed E-state index contributed by atoms with van der Waals surface area (Å²) in [6.45, 7) is 1.42. The molecule has 2 heterocycles. The van der Waals surface area contributed by atoms with Gasteiger partial charge in [0.05, 0.1) is 29.7 Å². The number of anilines is 1. The summed E-state index contributed by atoms with van der Waals surface area (Å²) < 4.78 is 5.59. The van der Waals surface area contributed by atoms with E-state index in [0.717, 1.165) is 0 Å². The Balaban J connectivity index is 1.83. The molecule has 6 heteroatoms. The topological polar surface area (TPSA) is 92.7 Å². The van der Waals surface area contributed by atoms with Crippen LogP contribution in [0.1, 0.15) is 30.1 Å². The van der Waals surface area contributed by atoms with Crippen LogP contribution in [-0.2, 0) is 14.3 Å². The van der Waals surface area contributed by atoms with Crippen molar-refractivity contribution >= 4 is 23.3 Å². The minimum atomic E-state index is -1.01. The second-order valence-electron chi connectivity index (χ2n) is 5.77. The van der Waals surface area contributed by atoms with E-state index in [4.69, 9.17) is 4.74 Å². The Hall–Kier alpha value is -2.21. The fourth-order valence-corrected chi connectivity index (χ4v) is 3.44. The Morgan fingerprint density at radius 2 is 1.77 bits per heavy atom. The molecule has 2 fully saturated rings. The fourth-order valence-electron chi connectivity index (χ4n) is 3.44. The number of hydrogen-bond acceptors (Lipinski definition) is 4. The molecule has 2 bridgehead atoms. The van der Waals surface area contributed by atoms with Gasteiger partial charge in [-0.05, 0) is 31.9 Å². The Kier molecular flexibility index (Phi) is 3.70. The standard InChI is InChI=1S/C16H17NO5/c1-8(18)9-4-2-3-5-10(9)17-15(19)13-11-6-7-12(22-11)14(13)16(20)21/h2-5,11-14H,6-7H2,1H3,(H,17,19)(H,20,21)/t11-,12+,13-,14+/m1/s1. The van der Waals surface area contributed by atoms with Gasteiger partial charge in [0.1, 0.15) is 0 Å². The van der Waals surface area contributed by atoms with Crippen LogP contribution in [-0.4, -0.2) is 35.0 Å². The molecular formula is C16H17NO5. The predicted octanol–water partition coefficient (Wildman–Crippen LogP) is 1.71.